The van der Waals surface area contributed by atoms with Gasteiger partial charge in [-0.1, -0.05) is 20.3 Å². The summed E-state index contributed by atoms with van der Waals surface area (Å²) in [6.07, 6.45) is 4.37. The average molecular weight is 113 g/mol. The van der Waals surface area contributed by atoms with Gasteiger partial charge in [-0.25, -0.2) is 0 Å². The van der Waals surface area contributed by atoms with Crippen LogP contribution in [0.2, 0.25) is 0 Å². The minimum atomic E-state index is 0.804. The van der Waals surface area contributed by atoms with Crippen molar-refractivity contribution >= 4 is 6.21 Å². The summed E-state index contributed by atoms with van der Waals surface area (Å²) in [5.74, 6) is 0.804. The number of aliphatic imine (C=N–C) groups is 1. The molecule has 0 aromatic heterocycles. The number of nitrogens with zero attached hydrogens (tertiary/aromatic N) is 1. The van der Waals surface area contributed by atoms with Crippen LogP contribution in [0.4, 0.5) is 0 Å². The van der Waals surface area contributed by atoms with Crippen molar-refractivity contribution in [2.75, 3.05) is 7.05 Å². The maximum atomic E-state index is 3.90. The predicted octanol–water partition coefficient (Wildman–Crippen LogP) is 2.12. The molecule has 0 fully saturated rings. The van der Waals surface area contributed by atoms with Gasteiger partial charge < -0.3 is 4.99 Å². The highest BCUT2D eigenvalue weighted by molar-refractivity contribution is 5.57. The Kier molecular flexibility index (Phi) is 4.62. The molecule has 0 N–H and O–H groups in total. The maximum absolute atomic E-state index is 3.90. The van der Waals surface area contributed by atoms with Crippen LogP contribution in [-0.4, -0.2) is 13.3 Å². The summed E-state index contributed by atoms with van der Waals surface area (Å²) in [6, 6.07) is 0. The standard InChI is InChI=1S/C7H15N/c1-4-7(2)5-6-8-3/h6-7H,4-5H2,1-3H3/b8-6+. The summed E-state index contributed by atoms with van der Waals surface area (Å²) in [7, 11) is 1.82. The third-order valence-corrected chi connectivity index (χ3v) is 1.39. The van der Waals surface area contributed by atoms with Gasteiger partial charge in [-0.2, -0.15) is 0 Å². The highest BCUT2D eigenvalue weighted by Gasteiger charge is 1.92. The van der Waals surface area contributed by atoms with Crippen molar-refractivity contribution in [3.63, 3.8) is 0 Å². The first kappa shape index (κ1) is 7.67. The van der Waals surface area contributed by atoms with E-state index in [1.807, 2.05) is 13.3 Å². The summed E-state index contributed by atoms with van der Waals surface area (Å²) >= 11 is 0. The molecule has 48 valence electrons. The minimum absolute atomic E-state index is 0.804. The van der Waals surface area contributed by atoms with Crippen molar-refractivity contribution in [3.05, 3.63) is 0 Å². The molecule has 8 heavy (non-hydrogen) atoms. The first-order valence-corrected chi connectivity index (χ1v) is 3.21. The molecule has 0 heterocycles. The second kappa shape index (κ2) is 4.82. The molecule has 0 saturated heterocycles. The molecular formula is C7H15N. The quantitative estimate of drug-likeness (QED) is 0.497. The van der Waals surface area contributed by atoms with E-state index < -0.39 is 0 Å². The van der Waals surface area contributed by atoms with E-state index in [9.17, 15) is 0 Å². The Hall–Kier alpha value is -0.330. The van der Waals surface area contributed by atoms with Crippen molar-refractivity contribution in [1.82, 2.24) is 0 Å². The Morgan fingerprint density at radius 1 is 1.62 bits per heavy atom. The third-order valence-electron chi connectivity index (χ3n) is 1.39. The molecule has 0 bridgehead atoms. The lowest BCUT2D eigenvalue weighted by Gasteiger charge is -2.00. The summed E-state index contributed by atoms with van der Waals surface area (Å²) < 4.78 is 0. The van der Waals surface area contributed by atoms with E-state index in [-0.39, 0.29) is 0 Å². The molecule has 0 amide bonds. The molecule has 0 spiro atoms. The number of hydrogen-bond acceptors (Lipinski definition) is 1. The lowest BCUT2D eigenvalue weighted by Crippen LogP contribution is -1.91. The van der Waals surface area contributed by atoms with E-state index >= 15 is 0 Å². The fourth-order valence-corrected chi connectivity index (χ4v) is 0.452. The molecule has 0 aliphatic heterocycles. The Morgan fingerprint density at radius 2 is 2.25 bits per heavy atom. The zero-order valence-corrected chi connectivity index (χ0v) is 6.02. The highest BCUT2D eigenvalue weighted by Crippen LogP contribution is 2.02. The van der Waals surface area contributed by atoms with Gasteiger partial charge >= 0.3 is 0 Å². The molecule has 1 heteroatoms. The van der Waals surface area contributed by atoms with Crippen molar-refractivity contribution in [2.24, 2.45) is 10.9 Å². The van der Waals surface area contributed by atoms with Crippen molar-refractivity contribution in [3.8, 4) is 0 Å². The zero-order chi connectivity index (χ0) is 6.41. The van der Waals surface area contributed by atoms with Crippen LogP contribution in [0.3, 0.4) is 0 Å². The molecular weight excluding hydrogens is 98.1 g/mol. The fraction of sp³-hybridized carbons (Fsp3) is 0.857. The van der Waals surface area contributed by atoms with Gasteiger partial charge in [0.05, 0.1) is 0 Å². The molecule has 0 saturated carbocycles. The Bertz CT molecular complexity index is 66.8. The SMILES string of the molecule is CCC(C)C/C=N/C. The van der Waals surface area contributed by atoms with Crippen molar-refractivity contribution in [2.45, 2.75) is 26.7 Å². The second-order valence-corrected chi connectivity index (χ2v) is 2.19. The van der Waals surface area contributed by atoms with E-state index in [4.69, 9.17) is 0 Å². The van der Waals surface area contributed by atoms with E-state index in [0.29, 0.717) is 0 Å². The van der Waals surface area contributed by atoms with Gasteiger partial charge in [0, 0.05) is 7.05 Å². The second-order valence-electron chi connectivity index (χ2n) is 2.19. The topological polar surface area (TPSA) is 12.4 Å². The number of hydrogen-bond donors (Lipinski definition) is 0. The first-order chi connectivity index (χ1) is 3.81. The monoisotopic (exact) mass is 113 g/mol. The lowest BCUT2D eigenvalue weighted by molar-refractivity contribution is 0.591. The molecule has 0 aliphatic rings. The van der Waals surface area contributed by atoms with Gasteiger partial charge in [-0.3, -0.25) is 0 Å². The van der Waals surface area contributed by atoms with E-state index in [2.05, 4.69) is 18.8 Å². The smallest absolute Gasteiger partial charge is 0.0273 e. The third kappa shape index (κ3) is 3.85. The van der Waals surface area contributed by atoms with Crippen molar-refractivity contribution in [1.29, 1.82) is 0 Å². The van der Waals surface area contributed by atoms with Crippen LogP contribution in [0.25, 0.3) is 0 Å². The van der Waals surface area contributed by atoms with E-state index in [1.54, 1.807) is 0 Å². The first-order valence-electron chi connectivity index (χ1n) is 3.21. The Balaban J connectivity index is 3.10. The molecule has 0 rings (SSSR count). The Morgan fingerprint density at radius 3 is 2.62 bits per heavy atom. The molecule has 0 aromatic carbocycles. The predicted molar refractivity (Wildman–Crippen MR) is 38.5 cm³/mol. The number of rotatable bonds is 3. The van der Waals surface area contributed by atoms with Crippen LogP contribution in [0.1, 0.15) is 26.7 Å². The van der Waals surface area contributed by atoms with E-state index in [0.717, 1.165) is 12.3 Å². The average Bonchev–Trinajstić information content (AvgIpc) is 1.83. The van der Waals surface area contributed by atoms with Gasteiger partial charge in [0.2, 0.25) is 0 Å². The van der Waals surface area contributed by atoms with Gasteiger partial charge in [-0.05, 0) is 18.6 Å². The van der Waals surface area contributed by atoms with Crippen LogP contribution >= 0.6 is 0 Å². The van der Waals surface area contributed by atoms with Crippen LogP contribution in [0.15, 0.2) is 4.99 Å². The highest BCUT2D eigenvalue weighted by atomic mass is 14.6. The zero-order valence-electron chi connectivity index (χ0n) is 6.02. The molecule has 0 radical (unpaired) electrons. The van der Waals surface area contributed by atoms with Crippen LogP contribution in [0.5, 0.6) is 0 Å². The minimum Gasteiger partial charge on any atom is -0.301 e. The van der Waals surface area contributed by atoms with Crippen molar-refractivity contribution < 1.29 is 0 Å². The molecule has 0 aliphatic carbocycles. The molecule has 1 atom stereocenters. The largest absolute Gasteiger partial charge is 0.301 e. The van der Waals surface area contributed by atoms with Gasteiger partial charge in [-0.15, -0.1) is 0 Å². The lowest BCUT2D eigenvalue weighted by atomic mass is 10.1. The van der Waals surface area contributed by atoms with E-state index in [1.165, 1.54) is 6.42 Å². The normalized spacial score (nSPS) is 14.9. The van der Waals surface area contributed by atoms with Crippen LogP contribution in [-0.2, 0) is 0 Å². The summed E-state index contributed by atoms with van der Waals surface area (Å²) in [4.78, 5) is 3.90. The van der Waals surface area contributed by atoms with Gasteiger partial charge in [0.25, 0.3) is 0 Å². The Labute approximate surface area is 51.8 Å². The fourth-order valence-electron chi connectivity index (χ4n) is 0.452. The molecule has 0 aromatic rings. The summed E-state index contributed by atoms with van der Waals surface area (Å²) in [5.41, 5.74) is 0. The van der Waals surface area contributed by atoms with Crippen LogP contribution in [0, 0.1) is 5.92 Å². The maximum Gasteiger partial charge on any atom is 0.0273 e. The summed E-state index contributed by atoms with van der Waals surface area (Å²) in [5, 5.41) is 0. The van der Waals surface area contributed by atoms with Gasteiger partial charge in [0.15, 0.2) is 0 Å². The van der Waals surface area contributed by atoms with Crippen LogP contribution < -0.4 is 0 Å². The molecule has 1 unspecified atom stereocenters. The summed E-state index contributed by atoms with van der Waals surface area (Å²) in [6.45, 7) is 4.44. The molecule has 1 nitrogen and oxygen atoms in total. The van der Waals surface area contributed by atoms with Gasteiger partial charge in [0.1, 0.15) is 0 Å².